The lowest BCUT2D eigenvalue weighted by Crippen LogP contribution is -2.27. The van der Waals surface area contributed by atoms with Crippen molar-refractivity contribution in [2.24, 2.45) is 0 Å². The number of esters is 1. The molecule has 0 unspecified atom stereocenters. The fourth-order valence-corrected chi connectivity index (χ4v) is 2.66. The molecule has 0 spiro atoms. The number of anilines is 3. The summed E-state index contributed by atoms with van der Waals surface area (Å²) < 4.78 is 30.2. The molecule has 10 heteroatoms. The van der Waals surface area contributed by atoms with Crippen molar-refractivity contribution >= 4 is 29.4 Å². The number of nitrogens with one attached hydrogen (secondary N) is 2. The number of halogens is 1. The predicted octanol–water partition coefficient (Wildman–Crippen LogP) is 5.29. The van der Waals surface area contributed by atoms with Crippen molar-refractivity contribution in [1.29, 1.82) is 0 Å². The molecule has 0 atom stereocenters. The first-order valence-electron chi connectivity index (χ1n) is 9.88. The molecule has 2 N–H and O–H groups in total. The largest absolute Gasteiger partial charge is 0.465 e. The highest BCUT2D eigenvalue weighted by Crippen LogP contribution is 2.29. The zero-order chi connectivity index (χ0) is 24.0. The average molecular weight is 454 g/mol. The average Bonchev–Trinajstić information content (AvgIpc) is 2.74. The molecule has 1 aromatic carbocycles. The van der Waals surface area contributed by atoms with E-state index in [4.69, 9.17) is 14.2 Å². The third-order valence-corrected chi connectivity index (χ3v) is 4.00. The van der Waals surface area contributed by atoms with Gasteiger partial charge in [0.25, 0.3) is 0 Å². The van der Waals surface area contributed by atoms with Crippen molar-refractivity contribution in [3.05, 3.63) is 66.2 Å². The van der Waals surface area contributed by atoms with Crippen LogP contribution in [0, 0.1) is 5.82 Å². The topological polar surface area (TPSA) is 112 Å². The first kappa shape index (κ1) is 23.5. The SMILES string of the molecule is COC(=O)c1cccnc1Nc1ccc(Oc2ccnc(NC(=O)OC(C)(C)C)c2)c(F)c1. The van der Waals surface area contributed by atoms with Crippen molar-refractivity contribution in [2.45, 2.75) is 26.4 Å². The van der Waals surface area contributed by atoms with Crippen LogP contribution in [-0.4, -0.2) is 34.7 Å². The van der Waals surface area contributed by atoms with Gasteiger partial charge in [0.2, 0.25) is 0 Å². The summed E-state index contributed by atoms with van der Waals surface area (Å²) in [7, 11) is 1.26. The Bertz CT molecular complexity index is 1160. The Balaban J connectivity index is 1.72. The van der Waals surface area contributed by atoms with Gasteiger partial charge in [0, 0.05) is 30.2 Å². The lowest BCUT2D eigenvalue weighted by molar-refractivity contribution is 0.0598. The second-order valence-electron chi connectivity index (χ2n) is 7.77. The number of hydrogen-bond donors (Lipinski definition) is 2. The summed E-state index contributed by atoms with van der Waals surface area (Å²) in [5, 5.41) is 5.38. The summed E-state index contributed by atoms with van der Waals surface area (Å²) in [6.45, 7) is 5.22. The third kappa shape index (κ3) is 6.63. The lowest BCUT2D eigenvalue weighted by atomic mass is 10.2. The van der Waals surface area contributed by atoms with Gasteiger partial charge in [0.1, 0.15) is 28.5 Å². The van der Waals surface area contributed by atoms with Crippen LogP contribution >= 0.6 is 0 Å². The first-order valence-corrected chi connectivity index (χ1v) is 9.88. The van der Waals surface area contributed by atoms with E-state index in [2.05, 4.69) is 20.6 Å². The van der Waals surface area contributed by atoms with E-state index < -0.39 is 23.5 Å². The number of benzene rings is 1. The Kier molecular flexibility index (Phi) is 7.07. The summed E-state index contributed by atoms with van der Waals surface area (Å²) in [6, 6.07) is 10.3. The van der Waals surface area contributed by atoms with Crippen LogP contribution in [0.3, 0.4) is 0 Å². The Labute approximate surface area is 189 Å². The van der Waals surface area contributed by atoms with Gasteiger partial charge in [-0.15, -0.1) is 0 Å². The van der Waals surface area contributed by atoms with E-state index in [1.54, 1.807) is 39.0 Å². The van der Waals surface area contributed by atoms with Crippen LogP contribution in [0.2, 0.25) is 0 Å². The van der Waals surface area contributed by atoms with E-state index in [9.17, 15) is 14.0 Å². The second-order valence-corrected chi connectivity index (χ2v) is 7.77. The summed E-state index contributed by atoms with van der Waals surface area (Å²) in [6.07, 6.45) is 2.23. The molecule has 0 aliphatic carbocycles. The Morgan fingerprint density at radius 3 is 2.52 bits per heavy atom. The molecule has 172 valence electrons. The molecule has 33 heavy (non-hydrogen) atoms. The molecule has 0 radical (unpaired) electrons. The van der Waals surface area contributed by atoms with Crippen LogP contribution < -0.4 is 15.4 Å². The standard InChI is InChI=1S/C23H23FN4O5/c1-23(2,3)33-22(30)28-19-13-15(9-11-25-19)32-18-8-7-14(12-17(18)24)27-20-16(21(29)31-4)6-5-10-26-20/h5-13H,1-4H3,(H,26,27)(H,25,28,30). The highest BCUT2D eigenvalue weighted by molar-refractivity contribution is 5.95. The zero-order valence-corrected chi connectivity index (χ0v) is 18.5. The lowest BCUT2D eigenvalue weighted by Gasteiger charge is -2.19. The number of amides is 1. The number of methoxy groups -OCH3 is 1. The zero-order valence-electron chi connectivity index (χ0n) is 18.5. The summed E-state index contributed by atoms with van der Waals surface area (Å²) in [5.41, 5.74) is -0.0995. The van der Waals surface area contributed by atoms with Crippen LogP contribution in [-0.2, 0) is 9.47 Å². The molecule has 3 rings (SSSR count). The van der Waals surface area contributed by atoms with Crippen molar-refractivity contribution in [3.63, 3.8) is 0 Å². The maximum absolute atomic E-state index is 14.7. The normalized spacial score (nSPS) is 10.8. The molecule has 3 aromatic rings. The summed E-state index contributed by atoms with van der Waals surface area (Å²) >= 11 is 0. The molecule has 0 fully saturated rings. The Morgan fingerprint density at radius 2 is 1.82 bits per heavy atom. The van der Waals surface area contributed by atoms with Gasteiger partial charge in [-0.2, -0.15) is 0 Å². The van der Waals surface area contributed by atoms with E-state index in [1.807, 2.05) is 0 Å². The predicted molar refractivity (Wildman–Crippen MR) is 119 cm³/mol. The minimum Gasteiger partial charge on any atom is -0.465 e. The van der Waals surface area contributed by atoms with E-state index >= 15 is 0 Å². The molecule has 2 aromatic heterocycles. The molecule has 0 saturated heterocycles. The smallest absolute Gasteiger partial charge is 0.413 e. The summed E-state index contributed by atoms with van der Waals surface area (Å²) in [4.78, 5) is 31.9. The van der Waals surface area contributed by atoms with Crippen molar-refractivity contribution < 1.29 is 28.2 Å². The van der Waals surface area contributed by atoms with Crippen LogP contribution in [0.4, 0.5) is 26.5 Å². The van der Waals surface area contributed by atoms with Crippen LogP contribution in [0.5, 0.6) is 11.5 Å². The molecule has 0 saturated carbocycles. The highest BCUT2D eigenvalue weighted by atomic mass is 19.1. The number of aromatic nitrogens is 2. The number of rotatable bonds is 6. The van der Waals surface area contributed by atoms with E-state index in [0.29, 0.717) is 5.69 Å². The number of nitrogens with zero attached hydrogens (tertiary/aromatic N) is 2. The molecule has 1 amide bonds. The van der Waals surface area contributed by atoms with Crippen LogP contribution in [0.15, 0.2) is 54.9 Å². The third-order valence-electron chi connectivity index (χ3n) is 4.00. The fourth-order valence-electron chi connectivity index (χ4n) is 2.66. The monoisotopic (exact) mass is 454 g/mol. The number of carbonyl (C=O) groups excluding carboxylic acids is 2. The van der Waals surface area contributed by atoms with E-state index in [0.717, 1.165) is 0 Å². The fraction of sp³-hybridized carbons (Fsp3) is 0.217. The summed E-state index contributed by atoms with van der Waals surface area (Å²) in [5.74, 6) is -0.610. The number of carbonyl (C=O) groups is 2. The van der Waals surface area contributed by atoms with E-state index in [1.165, 1.54) is 43.8 Å². The van der Waals surface area contributed by atoms with Gasteiger partial charge in [-0.05, 0) is 51.1 Å². The Hall–Kier alpha value is -4.21. The molecule has 2 heterocycles. The van der Waals surface area contributed by atoms with Crippen molar-refractivity contribution in [2.75, 3.05) is 17.7 Å². The molecule has 0 bridgehead atoms. The number of hydrogen-bond acceptors (Lipinski definition) is 8. The maximum atomic E-state index is 14.7. The first-order chi connectivity index (χ1) is 15.6. The van der Waals surface area contributed by atoms with Gasteiger partial charge in [-0.1, -0.05) is 0 Å². The van der Waals surface area contributed by atoms with Gasteiger partial charge in [-0.25, -0.2) is 23.9 Å². The Morgan fingerprint density at radius 1 is 1.03 bits per heavy atom. The molecule has 9 nitrogen and oxygen atoms in total. The molecular formula is C23H23FN4O5. The maximum Gasteiger partial charge on any atom is 0.413 e. The number of pyridine rings is 2. The van der Waals surface area contributed by atoms with Crippen LogP contribution in [0.25, 0.3) is 0 Å². The molecule has 0 aliphatic heterocycles. The minimum absolute atomic E-state index is 0.0517. The van der Waals surface area contributed by atoms with Gasteiger partial charge >= 0.3 is 12.1 Å². The minimum atomic E-state index is -0.672. The van der Waals surface area contributed by atoms with Gasteiger partial charge < -0.3 is 19.5 Å². The van der Waals surface area contributed by atoms with Crippen molar-refractivity contribution in [1.82, 2.24) is 9.97 Å². The van der Waals surface area contributed by atoms with Gasteiger partial charge in [-0.3, -0.25) is 5.32 Å². The quantitative estimate of drug-likeness (QED) is 0.484. The number of ether oxygens (including phenoxy) is 3. The van der Waals surface area contributed by atoms with Crippen LogP contribution in [0.1, 0.15) is 31.1 Å². The molecule has 0 aliphatic rings. The highest BCUT2D eigenvalue weighted by Gasteiger charge is 2.17. The second kappa shape index (κ2) is 9.94. The van der Waals surface area contributed by atoms with E-state index in [-0.39, 0.29) is 28.7 Å². The van der Waals surface area contributed by atoms with Gasteiger partial charge in [0.05, 0.1) is 7.11 Å². The van der Waals surface area contributed by atoms with Gasteiger partial charge in [0.15, 0.2) is 11.6 Å². The van der Waals surface area contributed by atoms with Crippen molar-refractivity contribution in [3.8, 4) is 11.5 Å². The molecular weight excluding hydrogens is 431 g/mol.